The number of rotatable bonds is 6. The first-order chi connectivity index (χ1) is 14.5. The quantitative estimate of drug-likeness (QED) is 0.431. The molecule has 0 aromatic heterocycles. The van der Waals surface area contributed by atoms with Crippen LogP contribution < -0.4 is 15.5 Å². The van der Waals surface area contributed by atoms with Crippen molar-refractivity contribution in [2.24, 2.45) is 5.10 Å². The summed E-state index contributed by atoms with van der Waals surface area (Å²) in [7, 11) is 1.45. The lowest BCUT2D eigenvalue weighted by Crippen LogP contribution is -2.18. The van der Waals surface area contributed by atoms with E-state index < -0.39 is 5.91 Å². The monoisotopic (exact) mass is 403 g/mol. The van der Waals surface area contributed by atoms with Crippen LogP contribution in [-0.2, 0) is 0 Å². The zero-order valence-electron chi connectivity index (χ0n) is 16.5. The lowest BCUT2D eigenvalue weighted by atomic mass is 10.1. The molecule has 3 aromatic carbocycles. The van der Waals surface area contributed by atoms with Gasteiger partial charge in [-0.1, -0.05) is 24.3 Å². The highest BCUT2D eigenvalue weighted by Crippen LogP contribution is 2.25. The molecule has 152 valence electrons. The summed E-state index contributed by atoms with van der Waals surface area (Å²) in [5, 5.41) is 16.3. The highest BCUT2D eigenvalue weighted by Gasteiger charge is 2.10. The van der Waals surface area contributed by atoms with Crippen molar-refractivity contribution < 1.29 is 19.4 Å². The van der Waals surface area contributed by atoms with Gasteiger partial charge in [0, 0.05) is 16.8 Å². The summed E-state index contributed by atoms with van der Waals surface area (Å²) >= 11 is 0. The van der Waals surface area contributed by atoms with Crippen molar-refractivity contribution >= 4 is 23.7 Å². The predicted molar refractivity (Wildman–Crippen MR) is 115 cm³/mol. The predicted octanol–water partition coefficient (Wildman–Crippen LogP) is 3.73. The van der Waals surface area contributed by atoms with E-state index in [0.29, 0.717) is 28.1 Å². The second kappa shape index (κ2) is 9.38. The number of hydrogen-bond acceptors (Lipinski definition) is 5. The number of hydrogen-bond donors (Lipinski definition) is 3. The maximum Gasteiger partial charge on any atom is 0.271 e. The van der Waals surface area contributed by atoms with Crippen LogP contribution in [0.15, 0.2) is 71.8 Å². The van der Waals surface area contributed by atoms with E-state index >= 15 is 0 Å². The van der Waals surface area contributed by atoms with Gasteiger partial charge < -0.3 is 15.2 Å². The number of phenols is 1. The van der Waals surface area contributed by atoms with Crippen molar-refractivity contribution in [2.45, 2.75) is 6.92 Å². The number of methoxy groups -OCH3 is 1. The lowest BCUT2D eigenvalue weighted by Gasteiger charge is -2.08. The summed E-state index contributed by atoms with van der Waals surface area (Å²) in [5.74, 6) is -0.348. The molecule has 0 aliphatic heterocycles. The van der Waals surface area contributed by atoms with Gasteiger partial charge in [-0.2, -0.15) is 5.10 Å². The number of nitrogens with one attached hydrogen (secondary N) is 2. The number of aromatic hydroxyl groups is 1. The summed E-state index contributed by atoms with van der Waals surface area (Å²) in [6.07, 6.45) is 1.43. The van der Waals surface area contributed by atoms with Gasteiger partial charge in [-0.3, -0.25) is 9.59 Å². The molecule has 0 atom stereocenters. The number of carbonyl (C=O) groups is 2. The van der Waals surface area contributed by atoms with Gasteiger partial charge in [0.2, 0.25) is 0 Å². The molecule has 2 amide bonds. The number of carbonyl (C=O) groups excluding carboxylic acids is 2. The molecule has 0 bridgehead atoms. The molecule has 0 radical (unpaired) electrons. The Labute approximate surface area is 174 Å². The van der Waals surface area contributed by atoms with Crippen LogP contribution in [0.1, 0.15) is 31.8 Å². The van der Waals surface area contributed by atoms with Crippen LogP contribution >= 0.6 is 0 Å². The number of nitrogens with zero attached hydrogens (tertiary/aromatic N) is 1. The average Bonchev–Trinajstić information content (AvgIpc) is 2.75. The fraction of sp³-hybridized carbons (Fsp3) is 0.0870. The Hall–Kier alpha value is -4.13. The molecule has 0 heterocycles. The van der Waals surface area contributed by atoms with Gasteiger partial charge in [-0.05, 0) is 60.5 Å². The molecular formula is C23H21N3O4. The second-order valence-corrected chi connectivity index (χ2v) is 6.48. The van der Waals surface area contributed by atoms with E-state index in [1.807, 2.05) is 19.1 Å². The van der Waals surface area contributed by atoms with Crippen molar-refractivity contribution in [3.05, 3.63) is 89.0 Å². The van der Waals surface area contributed by atoms with Gasteiger partial charge in [0.15, 0.2) is 11.5 Å². The van der Waals surface area contributed by atoms with E-state index in [1.54, 1.807) is 48.5 Å². The van der Waals surface area contributed by atoms with E-state index in [4.69, 9.17) is 4.74 Å². The third-order valence-corrected chi connectivity index (χ3v) is 4.36. The molecule has 0 unspecified atom stereocenters. The highest BCUT2D eigenvalue weighted by molar-refractivity contribution is 6.06. The summed E-state index contributed by atoms with van der Waals surface area (Å²) in [6.45, 7) is 1.86. The van der Waals surface area contributed by atoms with Gasteiger partial charge >= 0.3 is 0 Å². The Morgan fingerprint density at radius 3 is 2.57 bits per heavy atom. The van der Waals surface area contributed by atoms with E-state index in [2.05, 4.69) is 15.8 Å². The van der Waals surface area contributed by atoms with Crippen molar-refractivity contribution in [3.63, 3.8) is 0 Å². The first-order valence-electron chi connectivity index (χ1n) is 9.15. The van der Waals surface area contributed by atoms with Crippen molar-refractivity contribution in [1.29, 1.82) is 0 Å². The number of amides is 2. The molecule has 3 N–H and O–H groups in total. The summed E-state index contributed by atoms with van der Waals surface area (Å²) < 4.78 is 5.03. The van der Waals surface area contributed by atoms with E-state index in [9.17, 15) is 14.7 Å². The SMILES string of the molecule is COc1cc(/C=N/NC(=O)c2cccc(NC(=O)c3ccccc3C)c2)ccc1O. The van der Waals surface area contributed by atoms with Crippen LogP contribution in [0.3, 0.4) is 0 Å². The van der Waals surface area contributed by atoms with E-state index in [-0.39, 0.29) is 11.7 Å². The molecule has 0 fully saturated rings. The number of benzene rings is 3. The van der Waals surface area contributed by atoms with Crippen molar-refractivity contribution in [2.75, 3.05) is 12.4 Å². The molecule has 0 aliphatic rings. The standard InChI is InChI=1S/C23H21N3O4/c1-15-6-3-4-9-19(15)23(29)25-18-8-5-7-17(13-18)22(28)26-24-14-16-10-11-20(27)21(12-16)30-2/h3-14,27H,1-2H3,(H,25,29)(H,26,28)/b24-14+. The molecule has 0 spiro atoms. The molecular weight excluding hydrogens is 382 g/mol. The van der Waals surface area contributed by atoms with E-state index in [0.717, 1.165) is 5.56 Å². The minimum Gasteiger partial charge on any atom is -0.504 e. The maximum absolute atomic E-state index is 12.5. The number of phenolic OH excluding ortho intramolecular Hbond substituents is 1. The van der Waals surface area contributed by atoms with Gasteiger partial charge in [0.25, 0.3) is 11.8 Å². The Morgan fingerprint density at radius 2 is 1.80 bits per heavy atom. The first-order valence-corrected chi connectivity index (χ1v) is 9.15. The van der Waals surface area contributed by atoms with Gasteiger partial charge in [0.05, 0.1) is 13.3 Å². The molecule has 0 saturated carbocycles. The Kier molecular flexibility index (Phi) is 6.44. The van der Waals surface area contributed by atoms with Gasteiger partial charge in [-0.25, -0.2) is 5.43 Å². The van der Waals surface area contributed by atoms with Crippen LogP contribution in [0.2, 0.25) is 0 Å². The summed E-state index contributed by atoms with van der Waals surface area (Å²) in [4.78, 5) is 24.8. The van der Waals surface area contributed by atoms with E-state index in [1.165, 1.54) is 19.4 Å². The molecule has 30 heavy (non-hydrogen) atoms. The average molecular weight is 403 g/mol. The van der Waals surface area contributed by atoms with Crippen LogP contribution in [0.25, 0.3) is 0 Å². The zero-order valence-corrected chi connectivity index (χ0v) is 16.5. The lowest BCUT2D eigenvalue weighted by molar-refractivity contribution is 0.0953. The van der Waals surface area contributed by atoms with Crippen molar-refractivity contribution in [1.82, 2.24) is 5.43 Å². The second-order valence-electron chi connectivity index (χ2n) is 6.48. The molecule has 7 heteroatoms. The maximum atomic E-state index is 12.5. The number of ether oxygens (including phenoxy) is 1. The molecule has 3 aromatic rings. The fourth-order valence-electron chi connectivity index (χ4n) is 2.77. The van der Waals surface area contributed by atoms with Gasteiger partial charge in [-0.15, -0.1) is 0 Å². The minimum absolute atomic E-state index is 0.0169. The zero-order chi connectivity index (χ0) is 21.5. The third-order valence-electron chi connectivity index (χ3n) is 4.36. The Morgan fingerprint density at radius 1 is 1.00 bits per heavy atom. The third kappa shape index (κ3) is 5.02. The van der Waals surface area contributed by atoms with Crippen LogP contribution in [0, 0.1) is 6.92 Å². The Bertz CT molecular complexity index is 1110. The molecule has 7 nitrogen and oxygen atoms in total. The molecule has 0 aliphatic carbocycles. The Balaban J connectivity index is 1.66. The van der Waals surface area contributed by atoms with Crippen LogP contribution in [0.5, 0.6) is 11.5 Å². The van der Waals surface area contributed by atoms with Crippen LogP contribution in [0.4, 0.5) is 5.69 Å². The molecule has 3 rings (SSSR count). The molecule has 0 saturated heterocycles. The smallest absolute Gasteiger partial charge is 0.271 e. The largest absolute Gasteiger partial charge is 0.504 e. The number of aryl methyl sites for hydroxylation is 1. The van der Waals surface area contributed by atoms with Gasteiger partial charge in [0.1, 0.15) is 0 Å². The summed E-state index contributed by atoms with van der Waals surface area (Å²) in [6, 6.07) is 18.6. The normalized spacial score (nSPS) is 10.6. The van der Waals surface area contributed by atoms with Crippen LogP contribution in [-0.4, -0.2) is 30.2 Å². The minimum atomic E-state index is -0.427. The topological polar surface area (TPSA) is 100 Å². The number of hydrazone groups is 1. The first kappa shape index (κ1) is 20.6. The fourth-order valence-corrected chi connectivity index (χ4v) is 2.77. The highest BCUT2D eigenvalue weighted by atomic mass is 16.5. The summed E-state index contributed by atoms with van der Waals surface area (Å²) in [5.41, 5.74) is 5.36. The number of anilines is 1. The van der Waals surface area contributed by atoms with Crippen molar-refractivity contribution in [3.8, 4) is 11.5 Å².